The minimum absolute atomic E-state index is 0.147. The molecule has 0 bridgehead atoms. The van der Waals surface area contributed by atoms with Crippen LogP contribution in [0.3, 0.4) is 0 Å². The number of piperazine rings is 1. The molecule has 1 aromatic carbocycles. The van der Waals surface area contributed by atoms with Crippen LogP contribution in [0.25, 0.3) is 5.82 Å². The number of hydrogen-bond acceptors (Lipinski definition) is 5. The minimum atomic E-state index is -3.67. The van der Waals surface area contributed by atoms with Crippen molar-refractivity contribution in [2.75, 3.05) is 26.2 Å². The average Bonchev–Trinajstić information content (AvgIpc) is 3.22. The Labute approximate surface area is 201 Å². The van der Waals surface area contributed by atoms with Crippen LogP contribution in [0.4, 0.5) is 0 Å². The third kappa shape index (κ3) is 3.92. The number of aromatic nitrogens is 3. The van der Waals surface area contributed by atoms with Crippen molar-refractivity contribution in [1.82, 2.24) is 24.0 Å². The maximum Gasteiger partial charge on any atom is 0.257 e. The SMILES string of the molecule is Cc1c(C)c(C)c(S(=O)(=O)N2CCN(C(=O)c3cnn(-c4ccccn4)c3C)CC2)c(C)c1C. The van der Waals surface area contributed by atoms with Gasteiger partial charge in [-0.3, -0.25) is 4.79 Å². The summed E-state index contributed by atoms with van der Waals surface area (Å²) in [5, 5.41) is 4.34. The van der Waals surface area contributed by atoms with Gasteiger partial charge in [0.15, 0.2) is 5.82 Å². The lowest BCUT2D eigenvalue weighted by Gasteiger charge is -2.35. The summed E-state index contributed by atoms with van der Waals surface area (Å²) in [4.78, 5) is 19.6. The monoisotopic (exact) mass is 481 g/mol. The molecular formula is C25H31N5O3S. The standard InChI is InChI=1S/C25H31N5O3S/c1-16-17(2)19(4)24(20(5)18(16)3)34(32,33)29-13-11-28(12-14-29)25(31)22-15-27-30(21(22)6)23-9-7-8-10-26-23/h7-10,15H,11-14H2,1-6H3. The van der Waals surface area contributed by atoms with Gasteiger partial charge in [-0.05, 0) is 81.5 Å². The Kier molecular flexibility index (Phi) is 6.35. The molecule has 1 saturated heterocycles. The number of amides is 1. The maximum atomic E-state index is 13.6. The fourth-order valence-electron chi connectivity index (χ4n) is 4.61. The number of benzene rings is 1. The van der Waals surface area contributed by atoms with E-state index in [4.69, 9.17) is 0 Å². The molecule has 0 atom stereocenters. The summed E-state index contributed by atoms with van der Waals surface area (Å²) in [6, 6.07) is 5.52. The van der Waals surface area contributed by atoms with Crippen molar-refractivity contribution in [2.24, 2.45) is 0 Å². The average molecular weight is 482 g/mol. The van der Waals surface area contributed by atoms with Crippen molar-refractivity contribution in [3.8, 4) is 5.82 Å². The zero-order chi connectivity index (χ0) is 24.8. The number of hydrogen-bond donors (Lipinski definition) is 0. The van der Waals surface area contributed by atoms with Gasteiger partial charge in [0, 0.05) is 32.4 Å². The van der Waals surface area contributed by atoms with Crippen molar-refractivity contribution in [3.05, 3.63) is 69.7 Å². The van der Waals surface area contributed by atoms with E-state index >= 15 is 0 Å². The van der Waals surface area contributed by atoms with Crippen molar-refractivity contribution in [3.63, 3.8) is 0 Å². The van der Waals surface area contributed by atoms with Gasteiger partial charge in [-0.25, -0.2) is 18.1 Å². The Morgan fingerprint density at radius 2 is 1.44 bits per heavy atom. The molecule has 0 unspecified atom stereocenters. The van der Waals surface area contributed by atoms with Gasteiger partial charge < -0.3 is 4.90 Å². The molecule has 0 saturated carbocycles. The highest BCUT2D eigenvalue weighted by molar-refractivity contribution is 7.89. The van der Waals surface area contributed by atoms with E-state index in [1.165, 1.54) is 4.31 Å². The van der Waals surface area contributed by atoms with Crippen molar-refractivity contribution in [2.45, 2.75) is 46.4 Å². The second-order valence-corrected chi connectivity index (χ2v) is 10.8. The Morgan fingerprint density at radius 3 is 2.00 bits per heavy atom. The van der Waals surface area contributed by atoms with Crippen LogP contribution < -0.4 is 0 Å². The highest BCUT2D eigenvalue weighted by atomic mass is 32.2. The molecule has 1 amide bonds. The molecule has 1 aliphatic heterocycles. The summed E-state index contributed by atoms with van der Waals surface area (Å²) in [6.45, 7) is 12.7. The highest BCUT2D eigenvalue weighted by Gasteiger charge is 2.34. The molecule has 4 rings (SSSR count). The Balaban J connectivity index is 1.53. The van der Waals surface area contributed by atoms with Crippen molar-refractivity contribution < 1.29 is 13.2 Å². The summed E-state index contributed by atoms with van der Waals surface area (Å²) in [5.41, 5.74) is 5.96. The molecule has 9 heteroatoms. The Morgan fingerprint density at radius 1 is 0.853 bits per heavy atom. The van der Waals surface area contributed by atoms with E-state index in [9.17, 15) is 13.2 Å². The van der Waals surface area contributed by atoms with Crippen LogP contribution in [0, 0.1) is 41.5 Å². The van der Waals surface area contributed by atoms with Gasteiger partial charge in [-0.15, -0.1) is 0 Å². The molecule has 2 aromatic heterocycles. The molecule has 1 aliphatic rings. The predicted molar refractivity (Wildman–Crippen MR) is 131 cm³/mol. The van der Waals surface area contributed by atoms with E-state index in [0.717, 1.165) is 27.8 Å². The summed E-state index contributed by atoms with van der Waals surface area (Å²) in [5.74, 6) is 0.496. The lowest BCUT2D eigenvalue weighted by Crippen LogP contribution is -2.50. The van der Waals surface area contributed by atoms with Gasteiger partial charge in [0.25, 0.3) is 5.91 Å². The molecule has 8 nitrogen and oxygen atoms in total. The maximum absolute atomic E-state index is 13.6. The fraction of sp³-hybridized carbons (Fsp3) is 0.400. The lowest BCUT2D eigenvalue weighted by molar-refractivity contribution is 0.0697. The van der Waals surface area contributed by atoms with Crippen LogP contribution in [0.1, 0.15) is 43.9 Å². The summed E-state index contributed by atoms with van der Waals surface area (Å²) in [7, 11) is -3.67. The third-order valence-electron chi connectivity index (χ3n) is 7.16. The first-order valence-electron chi connectivity index (χ1n) is 11.4. The van der Waals surface area contributed by atoms with Gasteiger partial charge in [0.2, 0.25) is 10.0 Å². The molecule has 3 heterocycles. The quantitative estimate of drug-likeness (QED) is 0.571. The predicted octanol–water partition coefficient (Wildman–Crippen LogP) is 3.26. The molecule has 3 aromatic rings. The molecule has 0 N–H and O–H groups in total. The van der Waals surface area contributed by atoms with E-state index in [2.05, 4.69) is 10.1 Å². The second kappa shape index (κ2) is 8.96. The van der Waals surface area contributed by atoms with Gasteiger partial charge in [0.1, 0.15) is 0 Å². The normalized spacial score (nSPS) is 15.1. The van der Waals surface area contributed by atoms with Crippen LogP contribution in [-0.2, 0) is 10.0 Å². The van der Waals surface area contributed by atoms with Crippen molar-refractivity contribution >= 4 is 15.9 Å². The lowest BCUT2D eigenvalue weighted by atomic mass is 9.95. The topological polar surface area (TPSA) is 88.4 Å². The number of nitrogens with zero attached hydrogens (tertiary/aromatic N) is 5. The van der Waals surface area contributed by atoms with Crippen LogP contribution in [0.15, 0.2) is 35.5 Å². The third-order valence-corrected chi connectivity index (χ3v) is 9.33. The number of carbonyl (C=O) groups is 1. The summed E-state index contributed by atoms with van der Waals surface area (Å²) in [6.07, 6.45) is 3.23. The van der Waals surface area contributed by atoms with Crippen LogP contribution >= 0.6 is 0 Å². The minimum Gasteiger partial charge on any atom is -0.336 e. The molecule has 34 heavy (non-hydrogen) atoms. The van der Waals surface area contributed by atoms with E-state index < -0.39 is 10.0 Å². The van der Waals surface area contributed by atoms with Gasteiger partial charge in [-0.1, -0.05) is 6.07 Å². The number of pyridine rings is 1. The smallest absolute Gasteiger partial charge is 0.257 e. The molecule has 180 valence electrons. The zero-order valence-corrected chi connectivity index (χ0v) is 21.4. The Hall–Kier alpha value is -3.04. The van der Waals surface area contributed by atoms with Crippen LogP contribution in [0.5, 0.6) is 0 Å². The summed E-state index contributed by atoms with van der Waals surface area (Å²) >= 11 is 0. The van der Waals surface area contributed by atoms with Crippen LogP contribution in [0.2, 0.25) is 0 Å². The van der Waals surface area contributed by atoms with Gasteiger partial charge in [0.05, 0.1) is 22.3 Å². The van der Waals surface area contributed by atoms with E-state index in [1.807, 2.05) is 59.7 Å². The zero-order valence-electron chi connectivity index (χ0n) is 20.6. The molecular weight excluding hydrogens is 450 g/mol. The summed E-state index contributed by atoms with van der Waals surface area (Å²) < 4.78 is 30.4. The van der Waals surface area contributed by atoms with Crippen LogP contribution in [-0.4, -0.2) is 64.5 Å². The number of rotatable bonds is 4. The first-order chi connectivity index (χ1) is 16.1. The first-order valence-corrected chi connectivity index (χ1v) is 12.8. The molecule has 0 aliphatic carbocycles. The molecule has 1 fully saturated rings. The number of sulfonamides is 1. The van der Waals surface area contributed by atoms with Crippen molar-refractivity contribution in [1.29, 1.82) is 0 Å². The van der Waals surface area contributed by atoms with Gasteiger partial charge >= 0.3 is 0 Å². The second-order valence-electron chi connectivity index (χ2n) is 8.89. The fourth-order valence-corrected chi connectivity index (χ4v) is 6.60. The molecule has 0 radical (unpaired) electrons. The Bertz CT molecular complexity index is 1330. The molecule has 0 spiro atoms. The largest absolute Gasteiger partial charge is 0.336 e. The van der Waals surface area contributed by atoms with E-state index in [1.54, 1.807) is 22.0 Å². The highest BCUT2D eigenvalue weighted by Crippen LogP contribution is 2.32. The first kappa shape index (κ1) is 24.1. The number of carbonyl (C=O) groups excluding carboxylic acids is 1. The van der Waals surface area contributed by atoms with Gasteiger partial charge in [-0.2, -0.15) is 9.40 Å². The van der Waals surface area contributed by atoms with E-state index in [-0.39, 0.29) is 19.0 Å². The van der Waals surface area contributed by atoms with E-state index in [0.29, 0.717) is 35.1 Å².